The molecule has 2 aliphatic heterocycles. The average molecular weight is 238 g/mol. The number of carbonyl (C=O) groups is 1. The van der Waals surface area contributed by atoms with E-state index in [-0.39, 0.29) is 23.4 Å². The Kier molecular flexibility index (Phi) is 3.02. The molecule has 3 N–H and O–H groups in total. The molecule has 2 atom stereocenters. The average Bonchev–Trinajstić information content (AvgIpc) is 2.58. The van der Waals surface area contributed by atoms with Gasteiger partial charge >= 0.3 is 0 Å². The van der Waals surface area contributed by atoms with Crippen molar-refractivity contribution in [3.63, 3.8) is 0 Å². The second kappa shape index (κ2) is 4.20. The predicted octanol–water partition coefficient (Wildman–Crippen LogP) is 0.310. The van der Waals surface area contributed by atoms with E-state index < -0.39 is 0 Å². The van der Waals surface area contributed by atoms with E-state index in [9.17, 15) is 4.79 Å². The fourth-order valence-electron chi connectivity index (χ4n) is 2.64. The van der Waals surface area contributed by atoms with E-state index in [0.29, 0.717) is 12.5 Å². The summed E-state index contributed by atoms with van der Waals surface area (Å²) in [6.07, 6.45) is 1.98. The van der Waals surface area contributed by atoms with Crippen molar-refractivity contribution in [2.24, 2.45) is 16.6 Å². The molecule has 5 heteroatoms. The normalized spacial score (nSPS) is 30.2. The van der Waals surface area contributed by atoms with E-state index in [2.05, 4.69) is 15.2 Å². The van der Waals surface area contributed by atoms with Gasteiger partial charge in [-0.05, 0) is 33.6 Å². The van der Waals surface area contributed by atoms with Crippen LogP contribution in [0.1, 0.15) is 33.6 Å². The van der Waals surface area contributed by atoms with Gasteiger partial charge < -0.3 is 16.0 Å². The molecular weight excluding hydrogens is 216 g/mol. The topological polar surface area (TPSA) is 70.7 Å². The van der Waals surface area contributed by atoms with Crippen molar-refractivity contribution in [2.75, 3.05) is 13.1 Å². The Morgan fingerprint density at radius 3 is 2.88 bits per heavy atom. The number of guanidine groups is 1. The van der Waals surface area contributed by atoms with E-state index in [1.165, 1.54) is 0 Å². The Labute approximate surface area is 102 Å². The van der Waals surface area contributed by atoms with Crippen LogP contribution >= 0.6 is 0 Å². The fourth-order valence-corrected chi connectivity index (χ4v) is 2.64. The van der Waals surface area contributed by atoms with Crippen LogP contribution in [0.4, 0.5) is 0 Å². The van der Waals surface area contributed by atoms with Gasteiger partial charge in [-0.1, -0.05) is 0 Å². The van der Waals surface area contributed by atoms with E-state index in [4.69, 9.17) is 5.73 Å². The number of hydrogen-bond acceptors (Lipinski definition) is 2. The summed E-state index contributed by atoms with van der Waals surface area (Å²) < 4.78 is 0. The number of likely N-dealkylation sites (tertiary alicyclic amines) is 1. The third-order valence-electron chi connectivity index (χ3n) is 3.35. The summed E-state index contributed by atoms with van der Waals surface area (Å²) in [6.45, 7) is 7.68. The van der Waals surface area contributed by atoms with Gasteiger partial charge in [-0.15, -0.1) is 0 Å². The molecule has 96 valence electrons. The second-order valence-corrected chi connectivity index (χ2v) is 5.90. The highest BCUT2D eigenvalue weighted by molar-refractivity contribution is 5.85. The molecule has 2 unspecified atom stereocenters. The number of nitrogens with zero attached hydrogens (tertiary/aromatic N) is 2. The first-order valence-corrected chi connectivity index (χ1v) is 6.28. The number of hydrogen-bond donors (Lipinski definition) is 2. The number of aliphatic imine (C=N–C) groups is 1. The van der Waals surface area contributed by atoms with Crippen LogP contribution in [0.15, 0.2) is 4.99 Å². The highest BCUT2D eigenvalue weighted by Crippen LogP contribution is 2.27. The van der Waals surface area contributed by atoms with Crippen molar-refractivity contribution < 1.29 is 4.79 Å². The standard InChI is InChI=1S/C12H22N4O/c1-12(2,3)15-11(13)16-6-4-5-8-9(16)7-14-10(8)17/h8-9H,4-7H2,1-3H3,(H2,13,15)(H,14,17). The maximum absolute atomic E-state index is 11.6. The number of piperidine rings is 1. The van der Waals surface area contributed by atoms with Crippen LogP contribution in [0.2, 0.25) is 0 Å². The molecule has 0 aromatic carbocycles. The lowest BCUT2D eigenvalue weighted by Gasteiger charge is -2.37. The minimum absolute atomic E-state index is 0.0949. The van der Waals surface area contributed by atoms with Crippen molar-refractivity contribution in [3.05, 3.63) is 0 Å². The highest BCUT2D eigenvalue weighted by atomic mass is 16.2. The first-order chi connectivity index (χ1) is 7.88. The van der Waals surface area contributed by atoms with Gasteiger partial charge in [-0.25, -0.2) is 4.99 Å². The van der Waals surface area contributed by atoms with Gasteiger partial charge in [0.2, 0.25) is 5.91 Å². The fraction of sp³-hybridized carbons (Fsp3) is 0.833. The van der Waals surface area contributed by atoms with Crippen molar-refractivity contribution in [1.82, 2.24) is 10.2 Å². The molecule has 0 aromatic rings. The molecule has 5 nitrogen and oxygen atoms in total. The Hall–Kier alpha value is -1.26. The summed E-state index contributed by atoms with van der Waals surface area (Å²) in [7, 11) is 0. The van der Waals surface area contributed by atoms with Crippen LogP contribution in [0.5, 0.6) is 0 Å². The maximum atomic E-state index is 11.6. The quantitative estimate of drug-likeness (QED) is 0.471. The molecule has 0 aliphatic carbocycles. The maximum Gasteiger partial charge on any atom is 0.225 e. The zero-order valence-corrected chi connectivity index (χ0v) is 10.9. The molecule has 1 amide bonds. The molecule has 2 aliphatic rings. The molecule has 2 rings (SSSR count). The molecule has 2 saturated heterocycles. The van der Waals surface area contributed by atoms with Crippen LogP contribution in [0.25, 0.3) is 0 Å². The van der Waals surface area contributed by atoms with Crippen LogP contribution in [0, 0.1) is 5.92 Å². The van der Waals surface area contributed by atoms with Gasteiger partial charge in [-0.2, -0.15) is 0 Å². The first kappa shape index (κ1) is 12.2. The SMILES string of the molecule is CC(C)(C)N=C(N)N1CCCC2C(=O)NCC21. The first-order valence-electron chi connectivity index (χ1n) is 6.28. The summed E-state index contributed by atoms with van der Waals surface area (Å²) in [5.74, 6) is 0.837. The van der Waals surface area contributed by atoms with Gasteiger partial charge in [0, 0.05) is 13.1 Å². The Morgan fingerprint density at radius 1 is 1.53 bits per heavy atom. The van der Waals surface area contributed by atoms with Gasteiger partial charge in [0.15, 0.2) is 5.96 Å². The zero-order valence-electron chi connectivity index (χ0n) is 10.9. The number of nitrogens with one attached hydrogen (secondary N) is 1. The number of carbonyl (C=O) groups excluding carboxylic acids is 1. The summed E-state index contributed by atoms with van der Waals surface area (Å²) in [5.41, 5.74) is 5.90. The molecule has 2 heterocycles. The van der Waals surface area contributed by atoms with Gasteiger partial charge in [-0.3, -0.25) is 4.79 Å². The molecule has 0 bridgehead atoms. The van der Waals surface area contributed by atoms with E-state index in [1.807, 2.05) is 20.8 Å². The van der Waals surface area contributed by atoms with Crippen molar-refractivity contribution in [1.29, 1.82) is 0 Å². The Morgan fingerprint density at radius 2 is 2.24 bits per heavy atom. The summed E-state index contributed by atoms with van der Waals surface area (Å²) in [6, 6.07) is 0.197. The van der Waals surface area contributed by atoms with Crippen LogP contribution in [-0.4, -0.2) is 41.4 Å². The number of fused-ring (bicyclic) bond motifs is 1. The number of amides is 1. The number of rotatable bonds is 0. The summed E-state index contributed by atoms with van der Waals surface area (Å²) in [5, 5.41) is 2.92. The van der Waals surface area contributed by atoms with E-state index >= 15 is 0 Å². The smallest absolute Gasteiger partial charge is 0.225 e. The van der Waals surface area contributed by atoms with Crippen molar-refractivity contribution >= 4 is 11.9 Å². The lowest BCUT2D eigenvalue weighted by atomic mass is 9.92. The number of nitrogens with two attached hydrogens (primary N) is 1. The molecular formula is C12H22N4O. The summed E-state index contributed by atoms with van der Waals surface area (Å²) >= 11 is 0. The van der Waals surface area contributed by atoms with E-state index in [1.54, 1.807) is 0 Å². The van der Waals surface area contributed by atoms with E-state index in [0.717, 1.165) is 19.4 Å². The Balaban J connectivity index is 2.16. The summed E-state index contributed by atoms with van der Waals surface area (Å²) in [4.78, 5) is 18.2. The molecule has 0 radical (unpaired) electrons. The predicted molar refractivity (Wildman–Crippen MR) is 67.6 cm³/mol. The van der Waals surface area contributed by atoms with Gasteiger partial charge in [0.25, 0.3) is 0 Å². The third kappa shape index (κ3) is 2.53. The highest BCUT2D eigenvalue weighted by Gasteiger charge is 2.41. The molecule has 2 fully saturated rings. The van der Waals surface area contributed by atoms with Gasteiger partial charge in [0.05, 0.1) is 17.5 Å². The van der Waals surface area contributed by atoms with Crippen molar-refractivity contribution in [3.8, 4) is 0 Å². The monoisotopic (exact) mass is 238 g/mol. The minimum Gasteiger partial charge on any atom is -0.370 e. The Bertz CT molecular complexity index is 345. The second-order valence-electron chi connectivity index (χ2n) is 5.90. The molecule has 0 aromatic heterocycles. The third-order valence-corrected chi connectivity index (χ3v) is 3.35. The lowest BCUT2D eigenvalue weighted by molar-refractivity contribution is -0.123. The molecule has 0 spiro atoms. The van der Waals surface area contributed by atoms with Crippen molar-refractivity contribution in [2.45, 2.75) is 45.2 Å². The van der Waals surface area contributed by atoms with Crippen LogP contribution in [-0.2, 0) is 4.79 Å². The van der Waals surface area contributed by atoms with Crippen LogP contribution in [0.3, 0.4) is 0 Å². The molecule has 17 heavy (non-hydrogen) atoms. The molecule has 0 saturated carbocycles. The van der Waals surface area contributed by atoms with Gasteiger partial charge in [0.1, 0.15) is 0 Å². The lowest BCUT2D eigenvalue weighted by Crippen LogP contribution is -2.52. The zero-order chi connectivity index (χ0) is 12.6. The largest absolute Gasteiger partial charge is 0.370 e. The minimum atomic E-state index is -0.174. The van der Waals surface area contributed by atoms with Crippen LogP contribution < -0.4 is 11.1 Å².